The van der Waals surface area contributed by atoms with Crippen molar-refractivity contribution in [2.24, 2.45) is 0 Å². The molecule has 0 radical (unpaired) electrons. The molecule has 0 aliphatic heterocycles. The second kappa shape index (κ2) is 16.5. The Bertz CT molecular complexity index is 4580. The molecular formula is C73H46N2O. The van der Waals surface area contributed by atoms with Gasteiger partial charge >= 0.3 is 0 Å². The first-order valence-electron chi connectivity index (χ1n) is 26.2. The number of hydrogen-bond donors (Lipinski definition) is 0. The Morgan fingerprint density at radius 2 is 0.855 bits per heavy atom. The minimum atomic E-state index is -0.461. The smallest absolute Gasteiger partial charge is 0.137 e. The van der Waals surface area contributed by atoms with Gasteiger partial charge in [0.1, 0.15) is 11.2 Å². The first-order chi connectivity index (χ1) is 37.7. The highest BCUT2D eigenvalue weighted by Crippen LogP contribution is 2.64. The molecule has 3 nitrogen and oxygen atoms in total. The number of furan rings is 1. The molecule has 0 unspecified atom stereocenters. The molecule has 14 aromatic rings. The van der Waals surface area contributed by atoms with E-state index in [4.69, 9.17) is 4.42 Å². The van der Waals surface area contributed by atoms with Crippen molar-refractivity contribution in [1.29, 1.82) is 0 Å². The van der Waals surface area contributed by atoms with Crippen molar-refractivity contribution in [3.8, 4) is 61.3 Å². The number of benzene rings is 12. The van der Waals surface area contributed by atoms with E-state index in [0.717, 1.165) is 66.9 Å². The van der Waals surface area contributed by atoms with Crippen molar-refractivity contribution < 1.29 is 4.42 Å². The Morgan fingerprint density at radius 1 is 0.316 bits per heavy atom. The average molecular weight is 967 g/mol. The van der Waals surface area contributed by atoms with E-state index in [1.807, 2.05) is 6.07 Å². The lowest BCUT2D eigenvalue weighted by molar-refractivity contribution is 0.669. The molecule has 12 aromatic carbocycles. The maximum atomic E-state index is 6.58. The molecule has 0 fully saturated rings. The summed E-state index contributed by atoms with van der Waals surface area (Å²) in [7, 11) is 0. The average Bonchev–Trinajstić information content (AvgIpc) is 4.31. The van der Waals surface area contributed by atoms with Crippen LogP contribution in [-0.2, 0) is 5.41 Å². The zero-order valence-electron chi connectivity index (χ0n) is 41.4. The fourth-order valence-electron chi connectivity index (χ4n) is 13.2. The minimum Gasteiger partial charge on any atom is -0.456 e. The summed E-state index contributed by atoms with van der Waals surface area (Å²) in [6, 6.07) is 103. The van der Waals surface area contributed by atoms with Crippen LogP contribution in [0, 0.1) is 0 Å². The molecule has 2 aliphatic carbocycles. The van der Waals surface area contributed by atoms with E-state index in [9.17, 15) is 0 Å². The highest BCUT2D eigenvalue weighted by Gasteiger charge is 2.52. The molecule has 16 rings (SSSR count). The van der Waals surface area contributed by atoms with Gasteiger partial charge < -0.3 is 13.9 Å². The molecule has 0 saturated carbocycles. The van der Waals surface area contributed by atoms with Crippen molar-refractivity contribution in [3.63, 3.8) is 0 Å². The molecule has 2 heterocycles. The van der Waals surface area contributed by atoms with Gasteiger partial charge in [-0.3, -0.25) is 0 Å². The Morgan fingerprint density at radius 3 is 1.57 bits per heavy atom. The highest BCUT2D eigenvalue weighted by atomic mass is 16.3. The molecule has 76 heavy (non-hydrogen) atoms. The summed E-state index contributed by atoms with van der Waals surface area (Å²) in [5.74, 6) is 0. The molecule has 2 aliphatic rings. The molecule has 0 saturated heterocycles. The molecule has 3 heteroatoms. The number of aromatic nitrogens is 1. The van der Waals surface area contributed by atoms with Gasteiger partial charge in [-0.15, -0.1) is 0 Å². The predicted octanol–water partition coefficient (Wildman–Crippen LogP) is 19.5. The van der Waals surface area contributed by atoms with Gasteiger partial charge in [0.25, 0.3) is 0 Å². The van der Waals surface area contributed by atoms with Crippen molar-refractivity contribution >= 4 is 60.8 Å². The zero-order chi connectivity index (χ0) is 49.9. The Kier molecular flexibility index (Phi) is 9.25. The molecule has 1 spiro atoms. The van der Waals surface area contributed by atoms with Crippen molar-refractivity contribution in [1.82, 2.24) is 4.57 Å². The van der Waals surface area contributed by atoms with Gasteiger partial charge in [-0.1, -0.05) is 200 Å². The van der Waals surface area contributed by atoms with Gasteiger partial charge in [0, 0.05) is 33.2 Å². The lowest BCUT2D eigenvalue weighted by Gasteiger charge is -2.30. The summed E-state index contributed by atoms with van der Waals surface area (Å²) in [5, 5.41) is 4.64. The topological polar surface area (TPSA) is 21.3 Å². The van der Waals surface area contributed by atoms with Crippen LogP contribution in [0.2, 0.25) is 0 Å². The first kappa shape index (κ1) is 42.5. The fourth-order valence-corrected chi connectivity index (χ4v) is 13.2. The molecule has 354 valence electrons. The summed E-state index contributed by atoms with van der Waals surface area (Å²) < 4.78 is 9.05. The van der Waals surface area contributed by atoms with Gasteiger partial charge in [-0.25, -0.2) is 0 Å². The lowest BCUT2D eigenvalue weighted by atomic mass is 9.70. The van der Waals surface area contributed by atoms with Crippen LogP contribution in [0.1, 0.15) is 22.3 Å². The normalized spacial score (nSPS) is 12.8. The third-order valence-corrected chi connectivity index (χ3v) is 16.4. The highest BCUT2D eigenvalue weighted by molar-refractivity contribution is 6.20. The lowest BCUT2D eigenvalue weighted by Crippen LogP contribution is -2.25. The quantitative estimate of drug-likeness (QED) is 0.159. The number of nitrogens with zero attached hydrogens (tertiary/aromatic N) is 2. The zero-order valence-corrected chi connectivity index (χ0v) is 41.4. The van der Waals surface area contributed by atoms with Gasteiger partial charge in [0.2, 0.25) is 0 Å². The van der Waals surface area contributed by atoms with E-state index in [1.165, 1.54) is 77.4 Å². The van der Waals surface area contributed by atoms with Crippen LogP contribution < -0.4 is 4.90 Å². The molecule has 0 amide bonds. The number of para-hydroxylation sites is 2. The molecule has 2 aromatic heterocycles. The van der Waals surface area contributed by atoms with E-state index in [-0.39, 0.29) is 0 Å². The Balaban J connectivity index is 0.971. The predicted molar refractivity (Wildman–Crippen MR) is 315 cm³/mol. The van der Waals surface area contributed by atoms with Crippen molar-refractivity contribution in [3.05, 3.63) is 301 Å². The Hall–Kier alpha value is -9.96. The van der Waals surface area contributed by atoms with Crippen LogP contribution in [0.3, 0.4) is 0 Å². The number of anilines is 3. The van der Waals surface area contributed by atoms with Gasteiger partial charge in [0.15, 0.2) is 0 Å². The monoisotopic (exact) mass is 966 g/mol. The van der Waals surface area contributed by atoms with E-state index < -0.39 is 5.41 Å². The number of hydrogen-bond acceptors (Lipinski definition) is 2. The van der Waals surface area contributed by atoms with Gasteiger partial charge in [-0.2, -0.15) is 0 Å². The second-order valence-electron chi connectivity index (χ2n) is 20.3. The number of rotatable bonds is 7. The van der Waals surface area contributed by atoms with Crippen LogP contribution in [0.5, 0.6) is 0 Å². The van der Waals surface area contributed by atoms with E-state index in [1.54, 1.807) is 0 Å². The van der Waals surface area contributed by atoms with Gasteiger partial charge in [0.05, 0.1) is 27.5 Å². The summed E-state index contributed by atoms with van der Waals surface area (Å²) in [6.07, 6.45) is 0. The molecule has 0 atom stereocenters. The maximum absolute atomic E-state index is 6.58. The maximum Gasteiger partial charge on any atom is 0.137 e. The van der Waals surface area contributed by atoms with Gasteiger partial charge in [-0.05, 0) is 157 Å². The van der Waals surface area contributed by atoms with E-state index >= 15 is 0 Å². The van der Waals surface area contributed by atoms with Crippen LogP contribution in [0.25, 0.3) is 105 Å². The minimum absolute atomic E-state index is 0.461. The van der Waals surface area contributed by atoms with Crippen LogP contribution >= 0.6 is 0 Å². The SMILES string of the molecule is c1ccc(-c2ccc(N(c3cc(-c4ccccc4)cc(-c4ccc5c(c4)c4c6c(ccc4n5-c4ccccc4)C4(c5ccccc5-c5ccccc54)c4ccccc4-6)c3)c3cccc4oc5ccccc5c34)cc2)cc1. The largest absolute Gasteiger partial charge is 0.456 e. The summed E-state index contributed by atoms with van der Waals surface area (Å²) in [6.45, 7) is 0. The number of fused-ring (bicyclic) bond motifs is 17. The Labute approximate surface area is 440 Å². The molecule has 0 N–H and O–H groups in total. The molecule has 0 bridgehead atoms. The van der Waals surface area contributed by atoms with E-state index in [0.29, 0.717) is 0 Å². The summed E-state index contributed by atoms with van der Waals surface area (Å²) >= 11 is 0. The molecular weight excluding hydrogens is 921 g/mol. The summed E-state index contributed by atoms with van der Waals surface area (Å²) in [4.78, 5) is 2.43. The fraction of sp³-hybridized carbons (Fsp3) is 0.0137. The van der Waals surface area contributed by atoms with Crippen molar-refractivity contribution in [2.45, 2.75) is 5.41 Å². The summed E-state index contributed by atoms with van der Waals surface area (Å²) in [5.41, 5.74) is 25.3. The van der Waals surface area contributed by atoms with E-state index in [2.05, 4.69) is 282 Å². The van der Waals surface area contributed by atoms with Crippen LogP contribution in [0.4, 0.5) is 17.1 Å². The van der Waals surface area contributed by atoms with Crippen molar-refractivity contribution in [2.75, 3.05) is 4.90 Å². The second-order valence-corrected chi connectivity index (χ2v) is 20.3. The third-order valence-electron chi connectivity index (χ3n) is 16.4. The third kappa shape index (κ3) is 6.11. The first-order valence-corrected chi connectivity index (χ1v) is 26.2. The standard InChI is InChI=1S/C73H46N2O/c1-4-19-47(20-5-1)49-35-38-54(39-36-49)74(66-32-18-34-69-71(66)59-28-13-17-33-68(59)76-69)55-44-51(48-21-6-2-7-22-48)43-52(45-55)50-37-41-65-60(46-50)72-67(75(65)53-23-8-3-9-24-53)42-40-64-70(72)58-27-12-16-31-63(58)73(64)61-29-14-10-25-56(61)57-26-11-15-30-62(57)73/h1-46H. The van der Waals surface area contributed by atoms with Crippen LogP contribution in [-0.4, -0.2) is 4.57 Å². The van der Waals surface area contributed by atoms with Crippen LogP contribution in [0.15, 0.2) is 283 Å².